The maximum absolute atomic E-state index is 13.7. The van der Waals surface area contributed by atoms with Crippen LogP contribution in [0.4, 0.5) is 4.39 Å². The predicted molar refractivity (Wildman–Crippen MR) is 158 cm³/mol. The molecule has 1 heterocycles. The van der Waals surface area contributed by atoms with Gasteiger partial charge >= 0.3 is 5.97 Å². The zero-order chi connectivity index (χ0) is 30.0. The lowest BCUT2D eigenvalue weighted by molar-refractivity contribution is -0.197. The Bertz CT molecular complexity index is 1500. The number of benzene rings is 1. The van der Waals surface area contributed by atoms with Gasteiger partial charge < -0.3 is 9.84 Å². The molecule has 222 valence electrons. The van der Waals surface area contributed by atoms with Crippen LogP contribution >= 0.6 is 11.8 Å². The third kappa shape index (κ3) is 4.12. The molecule has 7 nitrogen and oxygen atoms in total. The maximum Gasteiger partial charge on any atom is 0.306 e. The molecule has 6 rings (SSSR count). The Morgan fingerprint density at radius 3 is 2.71 bits per heavy atom. The number of ether oxygens (including phenoxy) is 1. The van der Waals surface area contributed by atoms with Gasteiger partial charge in [0.1, 0.15) is 5.82 Å². The highest BCUT2D eigenvalue weighted by molar-refractivity contribution is 8.14. The number of nitriles is 1. The standard InChI is InChI=1S/C33H38FN3O4S/c1-5-28(39)41-33(30(40)42-13-12-35)11-10-24-23-14-19(2)25-15-26-20(18-36-37(26)22-8-6-21(34)7-9-22)16-31(25,3)29(23)27(38)17-32(24,33)4/h6-9,15,18-19,23-24,27,29,38H,5,10-11,13-14,16-17H2,1-4H3/t19-,23-,24-,27-,29+,31-,32-,33-/m0/s1. The van der Waals surface area contributed by atoms with E-state index < -0.39 is 23.1 Å². The number of aromatic nitrogens is 2. The van der Waals surface area contributed by atoms with Crippen LogP contribution in [0.5, 0.6) is 0 Å². The monoisotopic (exact) mass is 591 g/mol. The molecule has 3 saturated carbocycles. The van der Waals surface area contributed by atoms with Crippen molar-refractivity contribution < 1.29 is 23.8 Å². The molecule has 4 aliphatic carbocycles. The molecule has 0 unspecified atom stereocenters. The van der Waals surface area contributed by atoms with E-state index in [9.17, 15) is 24.3 Å². The number of aliphatic hydroxyl groups is 1. The lowest BCUT2D eigenvalue weighted by Crippen LogP contribution is -2.63. The summed E-state index contributed by atoms with van der Waals surface area (Å²) in [6, 6.07) is 8.37. The van der Waals surface area contributed by atoms with E-state index in [-0.39, 0.29) is 52.2 Å². The van der Waals surface area contributed by atoms with Crippen molar-refractivity contribution in [3.63, 3.8) is 0 Å². The van der Waals surface area contributed by atoms with Crippen LogP contribution < -0.4 is 0 Å². The van der Waals surface area contributed by atoms with E-state index in [4.69, 9.17) is 4.74 Å². The number of carbonyl (C=O) groups excluding carboxylic acids is 2. The van der Waals surface area contributed by atoms with E-state index in [1.165, 1.54) is 17.7 Å². The second-order valence-corrected chi connectivity index (χ2v) is 14.1. The van der Waals surface area contributed by atoms with Crippen molar-refractivity contribution >= 4 is 28.9 Å². The van der Waals surface area contributed by atoms with Crippen LogP contribution in [0.1, 0.15) is 71.1 Å². The number of aliphatic hydroxyl groups excluding tert-OH is 1. The summed E-state index contributed by atoms with van der Waals surface area (Å²) in [6.07, 6.45) is 6.68. The average molecular weight is 592 g/mol. The summed E-state index contributed by atoms with van der Waals surface area (Å²) in [5.74, 6) is -0.288. The molecule has 0 bridgehead atoms. The highest BCUT2D eigenvalue weighted by Gasteiger charge is 2.71. The quantitative estimate of drug-likeness (QED) is 0.433. The van der Waals surface area contributed by atoms with Gasteiger partial charge in [-0.25, -0.2) is 9.07 Å². The molecule has 4 aliphatic rings. The van der Waals surface area contributed by atoms with E-state index in [2.05, 4.69) is 25.0 Å². The highest BCUT2D eigenvalue weighted by Crippen LogP contribution is 2.69. The first kappa shape index (κ1) is 29.1. The van der Waals surface area contributed by atoms with Crippen LogP contribution in [0.25, 0.3) is 11.8 Å². The number of rotatable bonds is 5. The Morgan fingerprint density at radius 1 is 1.29 bits per heavy atom. The lowest BCUT2D eigenvalue weighted by Gasteiger charge is -2.61. The molecule has 2 aromatic rings. The van der Waals surface area contributed by atoms with Crippen LogP contribution in [-0.2, 0) is 20.7 Å². The first-order valence-electron chi connectivity index (χ1n) is 15.0. The number of fused-ring (bicyclic) bond motifs is 6. The SMILES string of the molecule is CCC(=O)O[C@]1(C(=O)SCC#N)CC[C@H]2[C@@H]3C[C@H](C)C4=Cc5c(cnn5-c5ccc(F)cc5)C[C@]4(C)[C@H]3[C@@H](O)C[C@@]21C. The number of thioether (sulfide) groups is 1. The normalized spacial score (nSPS) is 36.5. The van der Waals surface area contributed by atoms with Crippen molar-refractivity contribution in [1.29, 1.82) is 5.26 Å². The number of esters is 1. The fourth-order valence-electron chi connectivity index (χ4n) is 9.43. The number of nitrogens with zero attached hydrogens (tertiary/aromatic N) is 3. The topological polar surface area (TPSA) is 105 Å². The summed E-state index contributed by atoms with van der Waals surface area (Å²) in [4.78, 5) is 26.5. The molecule has 1 aromatic heterocycles. The molecular formula is C33H38FN3O4S. The van der Waals surface area contributed by atoms with Gasteiger partial charge in [0.15, 0.2) is 5.60 Å². The summed E-state index contributed by atoms with van der Waals surface area (Å²) in [5, 5.41) is 25.6. The average Bonchev–Trinajstić information content (AvgIpc) is 3.48. The Balaban J connectivity index is 1.38. The van der Waals surface area contributed by atoms with Gasteiger partial charge in [0.05, 0.1) is 35.5 Å². The number of hydrogen-bond donors (Lipinski definition) is 1. The molecule has 0 saturated heterocycles. The predicted octanol–water partition coefficient (Wildman–Crippen LogP) is 5.89. The molecule has 9 heteroatoms. The third-order valence-electron chi connectivity index (χ3n) is 11.1. The summed E-state index contributed by atoms with van der Waals surface area (Å²) >= 11 is 0.923. The Morgan fingerprint density at radius 2 is 2.02 bits per heavy atom. The minimum absolute atomic E-state index is 0.00316. The van der Waals surface area contributed by atoms with E-state index >= 15 is 0 Å². The Kier molecular flexibility index (Phi) is 7.17. The first-order chi connectivity index (χ1) is 20.0. The van der Waals surface area contributed by atoms with Gasteiger partial charge in [-0.1, -0.05) is 45.0 Å². The van der Waals surface area contributed by atoms with Crippen LogP contribution in [0.15, 0.2) is 36.0 Å². The number of allylic oxidation sites excluding steroid dienone is 1. The van der Waals surface area contributed by atoms with Gasteiger partial charge in [-0.15, -0.1) is 0 Å². The van der Waals surface area contributed by atoms with Gasteiger partial charge in [-0.2, -0.15) is 10.4 Å². The molecular weight excluding hydrogens is 553 g/mol. The zero-order valence-corrected chi connectivity index (χ0v) is 25.4. The van der Waals surface area contributed by atoms with Crippen molar-refractivity contribution in [3.8, 4) is 11.8 Å². The minimum Gasteiger partial charge on any atom is -0.449 e. The molecule has 0 aliphatic heterocycles. The van der Waals surface area contributed by atoms with Crippen molar-refractivity contribution in [1.82, 2.24) is 9.78 Å². The summed E-state index contributed by atoms with van der Waals surface area (Å²) in [7, 11) is 0. The van der Waals surface area contributed by atoms with E-state index in [1.54, 1.807) is 19.1 Å². The van der Waals surface area contributed by atoms with Crippen LogP contribution in [-0.4, -0.2) is 43.4 Å². The van der Waals surface area contributed by atoms with Gasteiger partial charge in [-0.05, 0) is 97.1 Å². The fraction of sp³-hybridized carbons (Fsp3) is 0.576. The zero-order valence-electron chi connectivity index (χ0n) is 24.6. The van der Waals surface area contributed by atoms with E-state index in [0.29, 0.717) is 12.8 Å². The molecule has 42 heavy (non-hydrogen) atoms. The van der Waals surface area contributed by atoms with Crippen LogP contribution in [0.2, 0.25) is 0 Å². The van der Waals surface area contributed by atoms with Crippen molar-refractivity contribution in [2.75, 3.05) is 5.75 Å². The number of carbonyl (C=O) groups is 2. The molecule has 0 amide bonds. The molecule has 1 N–H and O–H groups in total. The van der Waals surface area contributed by atoms with Crippen molar-refractivity contribution in [3.05, 3.63) is 53.1 Å². The summed E-state index contributed by atoms with van der Waals surface area (Å²) < 4.78 is 21.6. The largest absolute Gasteiger partial charge is 0.449 e. The number of halogens is 1. The maximum atomic E-state index is 13.7. The van der Waals surface area contributed by atoms with Gasteiger partial charge in [-0.3, -0.25) is 9.59 Å². The fourth-order valence-corrected chi connectivity index (χ4v) is 10.2. The second kappa shape index (κ2) is 10.3. The second-order valence-electron chi connectivity index (χ2n) is 13.2. The van der Waals surface area contributed by atoms with Gasteiger partial charge in [0.2, 0.25) is 5.12 Å². The molecule has 1 aromatic carbocycles. The van der Waals surface area contributed by atoms with Gasteiger partial charge in [0, 0.05) is 11.8 Å². The third-order valence-corrected chi connectivity index (χ3v) is 12.0. The summed E-state index contributed by atoms with van der Waals surface area (Å²) in [6.45, 7) is 8.26. The van der Waals surface area contributed by atoms with Crippen molar-refractivity contribution in [2.45, 2.75) is 77.9 Å². The minimum atomic E-state index is -1.35. The molecule has 3 fully saturated rings. The Labute approximate surface area is 250 Å². The molecule has 0 spiro atoms. The Hall–Kier alpha value is -2.96. The van der Waals surface area contributed by atoms with E-state index in [1.807, 2.05) is 23.9 Å². The first-order valence-corrected chi connectivity index (χ1v) is 16.0. The smallest absolute Gasteiger partial charge is 0.306 e. The molecule has 0 radical (unpaired) electrons. The van der Waals surface area contributed by atoms with Crippen LogP contribution in [0.3, 0.4) is 0 Å². The molecule has 8 atom stereocenters. The van der Waals surface area contributed by atoms with E-state index in [0.717, 1.165) is 48.0 Å². The summed E-state index contributed by atoms with van der Waals surface area (Å²) in [5.41, 5.74) is 1.80. The lowest BCUT2D eigenvalue weighted by atomic mass is 9.44. The van der Waals surface area contributed by atoms with Gasteiger partial charge in [0.25, 0.3) is 0 Å². The highest BCUT2D eigenvalue weighted by atomic mass is 32.2. The number of hydrogen-bond acceptors (Lipinski definition) is 7. The van der Waals surface area contributed by atoms with Crippen molar-refractivity contribution in [2.24, 2.45) is 34.5 Å². The van der Waals surface area contributed by atoms with Crippen LogP contribution in [0, 0.1) is 51.6 Å².